The number of likely N-dealkylation sites (N-methyl/N-ethyl adjacent to an activating group) is 1. The highest BCUT2D eigenvalue weighted by Gasteiger charge is 2.14. The summed E-state index contributed by atoms with van der Waals surface area (Å²) in [6, 6.07) is 14.8. The quantitative estimate of drug-likeness (QED) is 0.611. The lowest BCUT2D eigenvalue weighted by molar-refractivity contribution is -0.131. The van der Waals surface area contributed by atoms with Crippen LogP contribution in [0.4, 0.5) is 0 Å². The zero-order chi connectivity index (χ0) is 18.1. The van der Waals surface area contributed by atoms with Gasteiger partial charge in [0, 0.05) is 7.05 Å². The molecule has 1 N–H and O–H groups in total. The normalized spacial score (nSPS) is 11.1. The third-order valence-corrected chi connectivity index (χ3v) is 4.29. The number of hydrogen-bond donors (Lipinski definition) is 1. The number of nitrogens with zero attached hydrogens (tertiary/aromatic N) is 4. The third-order valence-electron chi connectivity index (χ3n) is 4.29. The number of fused-ring (bicyclic) bond motifs is 2. The minimum absolute atomic E-state index is 0.0621. The van der Waals surface area contributed by atoms with Gasteiger partial charge in [0.15, 0.2) is 0 Å². The summed E-state index contributed by atoms with van der Waals surface area (Å²) in [5.74, 6) is 0.510. The molecule has 0 aliphatic carbocycles. The van der Waals surface area contributed by atoms with Crippen LogP contribution >= 0.6 is 0 Å². The first-order chi connectivity index (χ1) is 12.6. The van der Waals surface area contributed by atoms with Crippen molar-refractivity contribution >= 4 is 27.8 Å². The van der Waals surface area contributed by atoms with E-state index in [4.69, 9.17) is 0 Å². The Bertz CT molecular complexity index is 1130. The van der Waals surface area contributed by atoms with Crippen LogP contribution in [0.1, 0.15) is 5.82 Å². The molecule has 2 aromatic heterocycles. The van der Waals surface area contributed by atoms with Gasteiger partial charge in [0.05, 0.1) is 34.8 Å². The van der Waals surface area contributed by atoms with E-state index in [1.165, 1.54) is 10.9 Å². The van der Waals surface area contributed by atoms with Crippen LogP contribution < -0.4 is 5.56 Å². The second-order valence-corrected chi connectivity index (χ2v) is 6.15. The van der Waals surface area contributed by atoms with Crippen LogP contribution in [-0.4, -0.2) is 37.4 Å². The lowest BCUT2D eigenvalue weighted by atomic mass is 10.2. The molecule has 0 aliphatic rings. The topological polar surface area (TPSA) is 83.9 Å². The van der Waals surface area contributed by atoms with Gasteiger partial charge in [-0.2, -0.15) is 0 Å². The molecule has 0 atom stereocenters. The monoisotopic (exact) mass is 347 g/mol. The number of amides is 1. The van der Waals surface area contributed by atoms with Crippen molar-refractivity contribution in [3.05, 3.63) is 71.0 Å². The van der Waals surface area contributed by atoms with E-state index in [0.717, 1.165) is 11.0 Å². The van der Waals surface area contributed by atoms with Crippen LogP contribution in [-0.2, 0) is 17.9 Å². The number of aromatic nitrogens is 4. The van der Waals surface area contributed by atoms with Crippen molar-refractivity contribution < 1.29 is 4.79 Å². The number of carbonyl (C=O) groups is 1. The number of carbonyl (C=O) groups excluding carboxylic acids is 1. The Kier molecular flexibility index (Phi) is 3.96. The second-order valence-electron chi connectivity index (χ2n) is 6.15. The molecule has 2 heterocycles. The maximum atomic E-state index is 12.5. The standard InChI is InChI=1S/C19H17N5O2/c1-23(10-17-21-15-8-4-5-9-16(15)22-17)18(25)11-24-12-20-14-7-3-2-6-13(14)19(24)26/h2-9,12H,10-11H2,1H3,(H,21,22). The Morgan fingerprint density at radius 2 is 1.85 bits per heavy atom. The van der Waals surface area contributed by atoms with E-state index in [2.05, 4.69) is 15.0 Å². The molecule has 0 saturated carbocycles. The van der Waals surface area contributed by atoms with Gasteiger partial charge in [-0.1, -0.05) is 24.3 Å². The van der Waals surface area contributed by atoms with Crippen molar-refractivity contribution in [2.24, 2.45) is 0 Å². The number of rotatable bonds is 4. The predicted octanol–water partition coefficient (Wildman–Crippen LogP) is 1.93. The molecule has 0 bridgehead atoms. The highest BCUT2D eigenvalue weighted by Crippen LogP contribution is 2.11. The lowest BCUT2D eigenvalue weighted by Gasteiger charge is -2.16. The maximum absolute atomic E-state index is 12.5. The van der Waals surface area contributed by atoms with Crippen molar-refractivity contribution in [2.75, 3.05) is 7.05 Å². The van der Waals surface area contributed by atoms with Gasteiger partial charge in [-0.05, 0) is 24.3 Å². The molecule has 7 heteroatoms. The molecule has 0 spiro atoms. The van der Waals surface area contributed by atoms with E-state index in [1.54, 1.807) is 30.1 Å². The fraction of sp³-hybridized carbons (Fsp3) is 0.158. The van der Waals surface area contributed by atoms with E-state index >= 15 is 0 Å². The maximum Gasteiger partial charge on any atom is 0.261 e. The summed E-state index contributed by atoms with van der Waals surface area (Å²) in [7, 11) is 1.69. The summed E-state index contributed by atoms with van der Waals surface area (Å²) in [4.78, 5) is 38.5. The molecule has 4 rings (SSSR count). The number of hydrogen-bond acceptors (Lipinski definition) is 4. The largest absolute Gasteiger partial charge is 0.340 e. The molecule has 0 saturated heterocycles. The smallest absolute Gasteiger partial charge is 0.261 e. The van der Waals surface area contributed by atoms with E-state index in [0.29, 0.717) is 23.3 Å². The first kappa shape index (κ1) is 16.0. The summed E-state index contributed by atoms with van der Waals surface area (Å²) in [6.07, 6.45) is 1.41. The van der Waals surface area contributed by atoms with Gasteiger partial charge >= 0.3 is 0 Å². The first-order valence-electron chi connectivity index (χ1n) is 8.23. The number of nitrogens with one attached hydrogen (secondary N) is 1. The number of para-hydroxylation sites is 3. The summed E-state index contributed by atoms with van der Waals surface area (Å²) < 4.78 is 1.33. The molecular formula is C19H17N5O2. The molecule has 7 nitrogen and oxygen atoms in total. The highest BCUT2D eigenvalue weighted by atomic mass is 16.2. The van der Waals surface area contributed by atoms with Gasteiger partial charge in [0.1, 0.15) is 12.4 Å². The van der Waals surface area contributed by atoms with E-state index in [1.807, 2.05) is 30.3 Å². The molecule has 1 amide bonds. The van der Waals surface area contributed by atoms with Gasteiger partial charge in [0.2, 0.25) is 5.91 Å². The minimum atomic E-state index is -0.221. The average Bonchev–Trinajstić information content (AvgIpc) is 3.06. The van der Waals surface area contributed by atoms with Crippen LogP contribution in [0, 0.1) is 0 Å². The van der Waals surface area contributed by atoms with Crippen molar-refractivity contribution in [3.63, 3.8) is 0 Å². The Morgan fingerprint density at radius 1 is 1.12 bits per heavy atom. The predicted molar refractivity (Wildman–Crippen MR) is 98.6 cm³/mol. The molecule has 2 aromatic carbocycles. The summed E-state index contributed by atoms with van der Waals surface area (Å²) in [6.45, 7) is 0.274. The van der Waals surface area contributed by atoms with E-state index < -0.39 is 0 Å². The van der Waals surface area contributed by atoms with Gasteiger partial charge in [0.25, 0.3) is 5.56 Å². The van der Waals surface area contributed by atoms with E-state index in [-0.39, 0.29) is 18.0 Å². The van der Waals surface area contributed by atoms with Crippen molar-refractivity contribution in [3.8, 4) is 0 Å². The van der Waals surface area contributed by atoms with Gasteiger partial charge < -0.3 is 9.88 Å². The summed E-state index contributed by atoms with van der Waals surface area (Å²) >= 11 is 0. The van der Waals surface area contributed by atoms with Crippen LogP contribution in [0.5, 0.6) is 0 Å². The van der Waals surface area contributed by atoms with Crippen molar-refractivity contribution in [2.45, 2.75) is 13.1 Å². The SMILES string of the molecule is CN(Cc1nc2ccccc2[nH]1)C(=O)Cn1cnc2ccccc2c1=O. The molecule has 0 fully saturated rings. The lowest BCUT2D eigenvalue weighted by Crippen LogP contribution is -2.34. The van der Waals surface area contributed by atoms with Gasteiger partial charge in [-0.25, -0.2) is 9.97 Å². The van der Waals surface area contributed by atoms with E-state index in [9.17, 15) is 9.59 Å². The fourth-order valence-electron chi connectivity index (χ4n) is 2.88. The number of aromatic amines is 1. The number of imidazole rings is 1. The summed E-state index contributed by atoms with van der Waals surface area (Å²) in [5.41, 5.74) is 2.19. The highest BCUT2D eigenvalue weighted by molar-refractivity contribution is 5.79. The fourth-order valence-corrected chi connectivity index (χ4v) is 2.88. The molecule has 26 heavy (non-hydrogen) atoms. The minimum Gasteiger partial charge on any atom is -0.340 e. The van der Waals surface area contributed by atoms with Gasteiger partial charge in [-0.3, -0.25) is 14.2 Å². The van der Waals surface area contributed by atoms with Crippen LogP contribution in [0.25, 0.3) is 21.9 Å². The Morgan fingerprint density at radius 3 is 2.65 bits per heavy atom. The summed E-state index contributed by atoms with van der Waals surface area (Å²) in [5, 5.41) is 0.503. The molecular weight excluding hydrogens is 330 g/mol. The molecule has 130 valence electrons. The first-order valence-corrected chi connectivity index (χ1v) is 8.23. The Balaban J connectivity index is 1.52. The molecule has 0 aliphatic heterocycles. The second kappa shape index (κ2) is 6.44. The van der Waals surface area contributed by atoms with Crippen LogP contribution in [0.2, 0.25) is 0 Å². The zero-order valence-electron chi connectivity index (χ0n) is 14.2. The van der Waals surface area contributed by atoms with Gasteiger partial charge in [-0.15, -0.1) is 0 Å². The van der Waals surface area contributed by atoms with Crippen molar-refractivity contribution in [1.82, 2.24) is 24.4 Å². The van der Waals surface area contributed by atoms with Crippen LogP contribution in [0.15, 0.2) is 59.7 Å². The Labute approximate surface area is 148 Å². The number of H-pyrrole nitrogens is 1. The molecule has 4 aromatic rings. The van der Waals surface area contributed by atoms with Crippen molar-refractivity contribution in [1.29, 1.82) is 0 Å². The number of benzene rings is 2. The Hall–Kier alpha value is -3.48. The molecule has 0 unspecified atom stereocenters. The third kappa shape index (κ3) is 2.95. The molecule has 0 radical (unpaired) electrons. The van der Waals surface area contributed by atoms with Crippen LogP contribution in [0.3, 0.4) is 0 Å². The zero-order valence-corrected chi connectivity index (χ0v) is 14.2. The average molecular weight is 347 g/mol.